The maximum Gasteiger partial charge on any atom is 0.262 e. The standard InChI is InChI=1S/C16H16N2OS/c1-9-2-5-13-12(6-9)15(19)18(16(20)17-13)14-8-10-3-4-11(14)7-10/h2-6,10-11,14H,7-8H2,1H3,(H,17,20)/t10-,11+,14+/m1/s1. The monoisotopic (exact) mass is 284 g/mol. The van der Waals surface area contributed by atoms with Gasteiger partial charge in [0, 0.05) is 6.04 Å². The van der Waals surface area contributed by atoms with Crippen LogP contribution in [0.3, 0.4) is 0 Å². The van der Waals surface area contributed by atoms with Crippen molar-refractivity contribution in [3.63, 3.8) is 0 Å². The average molecular weight is 284 g/mol. The number of rotatable bonds is 1. The van der Waals surface area contributed by atoms with Crippen LogP contribution in [0.25, 0.3) is 10.9 Å². The molecule has 1 heterocycles. The zero-order chi connectivity index (χ0) is 13.9. The number of aryl methyl sites for hydroxylation is 1. The van der Waals surface area contributed by atoms with E-state index in [1.54, 1.807) is 0 Å². The van der Waals surface area contributed by atoms with E-state index < -0.39 is 0 Å². The van der Waals surface area contributed by atoms with Gasteiger partial charge in [0.1, 0.15) is 0 Å². The fourth-order valence-electron chi connectivity index (χ4n) is 3.69. The van der Waals surface area contributed by atoms with E-state index in [0.29, 0.717) is 16.6 Å². The van der Waals surface area contributed by atoms with Crippen LogP contribution < -0.4 is 5.56 Å². The van der Waals surface area contributed by atoms with Crippen molar-refractivity contribution in [2.75, 3.05) is 0 Å². The molecular weight excluding hydrogens is 268 g/mol. The minimum Gasteiger partial charge on any atom is -0.332 e. The Bertz CT molecular complexity index is 846. The van der Waals surface area contributed by atoms with E-state index in [1.807, 2.05) is 29.7 Å². The third kappa shape index (κ3) is 1.64. The molecule has 3 atom stereocenters. The summed E-state index contributed by atoms with van der Waals surface area (Å²) in [6.45, 7) is 2.01. The molecule has 1 fully saturated rings. The smallest absolute Gasteiger partial charge is 0.262 e. The molecule has 1 aromatic heterocycles. The van der Waals surface area contributed by atoms with Crippen LogP contribution in [0.5, 0.6) is 0 Å². The van der Waals surface area contributed by atoms with Gasteiger partial charge < -0.3 is 4.98 Å². The highest BCUT2D eigenvalue weighted by atomic mass is 32.1. The fraction of sp³-hybridized carbons (Fsp3) is 0.375. The summed E-state index contributed by atoms with van der Waals surface area (Å²) in [4.78, 5) is 16.0. The Hall–Kier alpha value is -1.68. The molecule has 0 aliphatic heterocycles. The highest BCUT2D eigenvalue weighted by Crippen LogP contribution is 2.45. The first-order valence-electron chi connectivity index (χ1n) is 7.07. The molecule has 2 aliphatic rings. The van der Waals surface area contributed by atoms with Gasteiger partial charge in [0.25, 0.3) is 5.56 Å². The van der Waals surface area contributed by atoms with Gasteiger partial charge in [-0.15, -0.1) is 0 Å². The number of hydrogen-bond acceptors (Lipinski definition) is 2. The number of nitrogens with one attached hydrogen (secondary N) is 1. The minimum atomic E-state index is 0.0541. The second-order valence-electron chi connectivity index (χ2n) is 6.00. The van der Waals surface area contributed by atoms with Crippen molar-refractivity contribution in [3.05, 3.63) is 51.0 Å². The Morgan fingerprint density at radius 2 is 2.15 bits per heavy atom. The SMILES string of the molecule is Cc1ccc2[nH]c(=S)n([C@H]3C[C@@H]4C=C[C@H]3C4)c(=O)c2c1. The molecule has 2 aromatic rings. The lowest BCUT2D eigenvalue weighted by molar-refractivity contribution is 0.414. The molecule has 2 aliphatic carbocycles. The molecule has 4 heteroatoms. The topological polar surface area (TPSA) is 37.8 Å². The van der Waals surface area contributed by atoms with E-state index in [2.05, 4.69) is 17.1 Å². The second-order valence-corrected chi connectivity index (χ2v) is 6.39. The van der Waals surface area contributed by atoms with Crippen LogP contribution in [-0.2, 0) is 0 Å². The van der Waals surface area contributed by atoms with Gasteiger partial charge in [-0.25, -0.2) is 0 Å². The summed E-state index contributed by atoms with van der Waals surface area (Å²) in [6, 6.07) is 6.11. The number of benzene rings is 1. The summed E-state index contributed by atoms with van der Waals surface area (Å²) in [7, 11) is 0. The van der Waals surface area contributed by atoms with Crippen molar-refractivity contribution in [3.8, 4) is 0 Å². The van der Waals surface area contributed by atoms with Crippen LogP contribution in [0.1, 0.15) is 24.4 Å². The largest absolute Gasteiger partial charge is 0.332 e. The van der Waals surface area contributed by atoms with Crippen LogP contribution in [0, 0.1) is 23.5 Å². The number of aromatic nitrogens is 2. The number of hydrogen-bond donors (Lipinski definition) is 1. The molecule has 102 valence electrons. The second kappa shape index (κ2) is 4.16. The maximum atomic E-state index is 12.8. The molecule has 0 radical (unpaired) electrons. The van der Waals surface area contributed by atoms with Crippen molar-refractivity contribution in [2.24, 2.45) is 11.8 Å². The third-order valence-corrected chi connectivity index (χ3v) is 4.96. The highest BCUT2D eigenvalue weighted by Gasteiger charge is 2.37. The Morgan fingerprint density at radius 3 is 2.85 bits per heavy atom. The molecule has 0 saturated heterocycles. The van der Waals surface area contributed by atoms with Gasteiger partial charge in [0.05, 0.1) is 10.9 Å². The first-order chi connectivity index (χ1) is 9.63. The summed E-state index contributed by atoms with van der Waals surface area (Å²) in [6.07, 6.45) is 6.73. The van der Waals surface area contributed by atoms with Gasteiger partial charge in [0.15, 0.2) is 4.77 Å². The fourth-order valence-corrected chi connectivity index (χ4v) is 4.02. The predicted octanol–water partition coefficient (Wildman–Crippen LogP) is 3.50. The van der Waals surface area contributed by atoms with Gasteiger partial charge in [0.2, 0.25) is 0 Å². The van der Waals surface area contributed by atoms with Crippen molar-refractivity contribution < 1.29 is 0 Å². The number of aromatic amines is 1. The van der Waals surface area contributed by atoms with Crippen molar-refractivity contribution in [2.45, 2.75) is 25.8 Å². The number of fused-ring (bicyclic) bond motifs is 3. The molecule has 2 bridgehead atoms. The van der Waals surface area contributed by atoms with E-state index in [0.717, 1.165) is 29.3 Å². The van der Waals surface area contributed by atoms with Crippen LogP contribution in [0.4, 0.5) is 0 Å². The molecule has 4 rings (SSSR count). The lowest BCUT2D eigenvalue weighted by atomic mass is 10.0. The minimum absolute atomic E-state index is 0.0541. The third-order valence-electron chi connectivity index (χ3n) is 4.66. The summed E-state index contributed by atoms with van der Waals surface area (Å²) in [5, 5.41) is 0.741. The first-order valence-corrected chi connectivity index (χ1v) is 7.48. The number of nitrogens with zero attached hydrogens (tertiary/aromatic N) is 1. The summed E-state index contributed by atoms with van der Waals surface area (Å²) in [5.41, 5.74) is 1.98. The van der Waals surface area contributed by atoms with Crippen LogP contribution in [0.15, 0.2) is 35.1 Å². The quantitative estimate of drug-likeness (QED) is 0.643. The number of H-pyrrole nitrogens is 1. The lowest BCUT2D eigenvalue weighted by Crippen LogP contribution is -2.28. The van der Waals surface area contributed by atoms with E-state index in [4.69, 9.17) is 12.2 Å². The normalized spacial score (nSPS) is 27.6. The molecule has 0 spiro atoms. The van der Waals surface area contributed by atoms with Gasteiger partial charge in [-0.3, -0.25) is 9.36 Å². The van der Waals surface area contributed by atoms with Gasteiger partial charge >= 0.3 is 0 Å². The van der Waals surface area contributed by atoms with Crippen molar-refractivity contribution in [1.29, 1.82) is 0 Å². The molecule has 1 N–H and O–H groups in total. The van der Waals surface area contributed by atoms with E-state index >= 15 is 0 Å². The average Bonchev–Trinajstić information content (AvgIpc) is 3.02. The number of allylic oxidation sites excluding steroid dienone is 2. The molecule has 0 unspecified atom stereocenters. The molecule has 20 heavy (non-hydrogen) atoms. The predicted molar refractivity (Wildman–Crippen MR) is 82.5 cm³/mol. The Labute approximate surface area is 122 Å². The molecule has 0 amide bonds. The zero-order valence-electron chi connectivity index (χ0n) is 11.3. The Balaban J connectivity index is 1.98. The van der Waals surface area contributed by atoms with Crippen molar-refractivity contribution in [1.82, 2.24) is 9.55 Å². The lowest BCUT2D eigenvalue weighted by Gasteiger charge is -2.21. The van der Waals surface area contributed by atoms with Crippen LogP contribution in [0.2, 0.25) is 0 Å². The summed E-state index contributed by atoms with van der Waals surface area (Å²) >= 11 is 5.44. The van der Waals surface area contributed by atoms with Gasteiger partial charge in [-0.2, -0.15) is 0 Å². The molecular formula is C16H16N2OS. The maximum absolute atomic E-state index is 12.8. The van der Waals surface area contributed by atoms with Gasteiger partial charge in [-0.05, 0) is 56.0 Å². The van der Waals surface area contributed by atoms with Crippen LogP contribution >= 0.6 is 12.2 Å². The highest BCUT2D eigenvalue weighted by molar-refractivity contribution is 7.71. The van der Waals surface area contributed by atoms with E-state index in [9.17, 15) is 4.79 Å². The zero-order valence-corrected chi connectivity index (χ0v) is 12.1. The summed E-state index contributed by atoms with van der Waals surface area (Å²) < 4.78 is 2.36. The Morgan fingerprint density at radius 1 is 1.30 bits per heavy atom. The van der Waals surface area contributed by atoms with E-state index in [1.165, 1.54) is 0 Å². The Kier molecular flexibility index (Phi) is 2.51. The summed E-state index contributed by atoms with van der Waals surface area (Å²) in [5.74, 6) is 1.09. The molecule has 1 aromatic carbocycles. The molecule has 3 nitrogen and oxygen atoms in total. The molecule has 1 saturated carbocycles. The van der Waals surface area contributed by atoms with Crippen molar-refractivity contribution >= 4 is 23.1 Å². The van der Waals surface area contributed by atoms with E-state index in [-0.39, 0.29) is 11.6 Å². The van der Waals surface area contributed by atoms with Gasteiger partial charge in [-0.1, -0.05) is 23.8 Å². The first kappa shape index (κ1) is 12.1. The van der Waals surface area contributed by atoms with Crippen LogP contribution in [-0.4, -0.2) is 9.55 Å².